The molecular formula is C27H21P+2. The molecule has 0 aromatic heterocycles. The molecule has 4 rings (SSSR count). The maximum atomic E-state index is 9.33. The highest BCUT2D eigenvalue weighted by molar-refractivity contribution is 7.99. The van der Waals surface area contributed by atoms with Crippen LogP contribution in [0.3, 0.4) is 0 Å². The van der Waals surface area contributed by atoms with Gasteiger partial charge in [0.1, 0.15) is 27.6 Å². The average Bonchev–Trinajstić information content (AvgIpc) is 2.77. The molecule has 1 aliphatic rings. The summed E-state index contributed by atoms with van der Waals surface area (Å²) in [5.41, 5.74) is 4.26. The van der Waals surface area contributed by atoms with Gasteiger partial charge in [0, 0.05) is 0 Å². The maximum absolute atomic E-state index is 9.33. The molecule has 3 aromatic rings. The van der Waals surface area contributed by atoms with Gasteiger partial charge in [-0.3, -0.25) is 0 Å². The van der Waals surface area contributed by atoms with Gasteiger partial charge in [-0.2, -0.15) is 0 Å². The summed E-state index contributed by atoms with van der Waals surface area (Å²) in [4.78, 5) is 0. The average molecular weight is 376 g/mol. The van der Waals surface area contributed by atoms with Gasteiger partial charge in [-0.1, -0.05) is 66.4 Å². The number of rotatable bonds is 5. The molecule has 0 bridgehead atoms. The SMILES string of the molecule is [C+]/C(=C\C1=C=CCC=C1)[P+](c1ccccc1)(c1ccccc1)c1ccccc1. The van der Waals surface area contributed by atoms with E-state index in [0.717, 1.165) is 12.0 Å². The summed E-state index contributed by atoms with van der Waals surface area (Å²) in [7, 11) is -2.29. The minimum atomic E-state index is -2.29. The smallest absolute Gasteiger partial charge is 0.0948 e. The van der Waals surface area contributed by atoms with Gasteiger partial charge in [-0.15, -0.1) is 0 Å². The van der Waals surface area contributed by atoms with E-state index in [-0.39, 0.29) is 0 Å². The normalized spacial score (nSPS) is 14.0. The summed E-state index contributed by atoms with van der Waals surface area (Å²) in [6.45, 7) is 9.33. The molecule has 0 atom stereocenters. The highest BCUT2D eigenvalue weighted by atomic mass is 31.2. The van der Waals surface area contributed by atoms with Gasteiger partial charge in [0.15, 0.2) is 7.26 Å². The summed E-state index contributed by atoms with van der Waals surface area (Å²) in [6, 6.07) is 31.5. The fourth-order valence-corrected chi connectivity index (χ4v) is 7.56. The second-order valence-electron chi connectivity index (χ2n) is 6.65. The Morgan fingerprint density at radius 3 is 1.61 bits per heavy atom. The van der Waals surface area contributed by atoms with Gasteiger partial charge >= 0.3 is 12.2 Å². The molecule has 132 valence electrons. The molecule has 1 heteroatoms. The van der Waals surface area contributed by atoms with Crippen molar-refractivity contribution < 1.29 is 0 Å². The number of hydrogen-bond donors (Lipinski definition) is 0. The molecule has 0 aliphatic heterocycles. The second-order valence-corrected chi connectivity index (χ2v) is 10.0. The van der Waals surface area contributed by atoms with Crippen LogP contribution < -0.4 is 15.9 Å². The summed E-state index contributed by atoms with van der Waals surface area (Å²) in [5, 5.41) is 4.22. The van der Waals surface area contributed by atoms with Crippen LogP contribution in [0.15, 0.2) is 132 Å². The fraction of sp³-hybridized carbons (Fsp3) is 0.0370. The summed E-state index contributed by atoms with van der Waals surface area (Å²) in [6.07, 6.45) is 9.09. The Kier molecular flexibility index (Phi) is 5.45. The first-order valence-corrected chi connectivity index (χ1v) is 11.2. The first-order chi connectivity index (χ1) is 13.8. The molecule has 0 spiro atoms. The zero-order valence-electron chi connectivity index (χ0n) is 15.6. The van der Waals surface area contributed by atoms with Crippen molar-refractivity contribution in [3.8, 4) is 0 Å². The van der Waals surface area contributed by atoms with Crippen LogP contribution in [0.4, 0.5) is 0 Å². The van der Waals surface area contributed by atoms with Gasteiger partial charge in [0.05, 0.1) is 0 Å². The van der Waals surface area contributed by atoms with E-state index in [2.05, 4.69) is 90.7 Å². The highest BCUT2D eigenvalue weighted by Crippen LogP contribution is 2.62. The molecule has 0 saturated heterocycles. The standard InChI is InChI=1S/C27H21P/c1-23(22-24-14-6-2-7-15-24)28(25-16-8-3-9-17-25,26-18-10-4-11-19-26)27-20-12-5-13-21-27/h3-14,16-22H,2H2/q+2/b23-22+. The van der Waals surface area contributed by atoms with E-state index in [1.807, 2.05) is 30.4 Å². The van der Waals surface area contributed by atoms with Crippen LogP contribution in [0, 0.1) is 6.92 Å². The van der Waals surface area contributed by atoms with Crippen molar-refractivity contribution in [2.45, 2.75) is 6.42 Å². The monoisotopic (exact) mass is 376 g/mol. The number of hydrogen-bond acceptors (Lipinski definition) is 0. The zero-order valence-corrected chi connectivity index (χ0v) is 16.5. The molecule has 1 aliphatic carbocycles. The molecule has 0 N–H and O–H groups in total. The van der Waals surface area contributed by atoms with Crippen LogP contribution in [-0.2, 0) is 0 Å². The van der Waals surface area contributed by atoms with E-state index in [1.54, 1.807) is 0 Å². The molecular weight excluding hydrogens is 355 g/mol. The van der Waals surface area contributed by atoms with Gasteiger partial charge in [0.25, 0.3) is 0 Å². The molecule has 0 saturated carbocycles. The lowest BCUT2D eigenvalue weighted by Gasteiger charge is -2.23. The predicted octanol–water partition coefficient (Wildman–Crippen LogP) is 5.49. The van der Waals surface area contributed by atoms with E-state index in [4.69, 9.17) is 0 Å². The van der Waals surface area contributed by atoms with Crippen LogP contribution in [0.5, 0.6) is 0 Å². The number of benzene rings is 3. The van der Waals surface area contributed by atoms with Crippen molar-refractivity contribution >= 4 is 23.2 Å². The molecule has 0 unspecified atom stereocenters. The topological polar surface area (TPSA) is 0 Å². The van der Waals surface area contributed by atoms with Crippen LogP contribution >= 0.6 is 7.26 Å². The highest BCUT2D eigenvalue weighted by Gasteiger charge is 2.54. The molecule has 28 heavy (non-hydrogen) atoms. The first kappa shape index (κ1) is 18.3. The second kappa shape index (κ2) is 8.32. The predicted molar refractivity (Wildman–Crippen MR) is 122 cm³/mol. The van der Waals surface area contributed by atoms with Crippen LogP contribution in [0.2, 0.25) is 0 Å². The van der Waals surface area contributed by atoms with Crippen molar-refractivity contribution in [2.75, 3.05) is 0 Å². The lowest BCUT2D eigenvalue weighted by Crippen LogP contribution is -2.31. The maximum Gasteiger partial charge on any atom is 0.383 e. The zero-order chi connectivity index (χ0) is 19.2. The van der Waals surface area contributed by atoms with Gasteiger partial charge in [-0.05, 0) is 55.0 Å². The quantitative estimate of drug-likeness (QED) is 0.314. The van der Waals surface area contributed by atoms with E-state index in [0.29, 0.717) is 5.31 Å². The first-order valence-electron chi connectivity index (χ1n) is 9.43. The van der Waals surface area contributed by atoms with Gasteiger partial charge < -0.3 is 0 Å². The van der Waals surface area contributed by atoms with Crippen molar-refractivity contribution in [3.05, 3.63) is 139 Å². The molecule has 2 radical (unpaired) electrons. The Balaban J connectivity index is 2.06. The van der Waals surface area contributed by atoms with E-state index < -0.39 is 7.26 Å². The number of allylic oxidation sites excluding steroid dienone is 5. The fourth-order valence-electron chi connectivity index (χ4n) is 3.64. The molecule has 0 fully saturated rings. The lowest BCUT2D eigenvalue weighted by molar-refractivity contribution is 1.36. The summed E-state index contributed by atoms with van der Waals surface area (Å²) in [5.74, 6) is 0. The Hall–Kier alpha value is -3.04. The third-order valence-electron chi connectivity index (χ3n) is 4.90. The molecule has 0 heterocycles. The third-order valence-corrected chi connectivity index (χ3v) is 8.97. The molecule has 0 nitrogen and oxygen atoms in total. The third kappa shape index (κ3) is 3.41. The van der Waals surface area contributed by atoms with E-state index >= 15 is 0 Å². The minimum absolute atomic E-state index is 0.638. The van der Waals surface area contributed by atoms with Gasteiger partial charge in [-0.25, -0.2) is 0 Å². The van der Waals surface area contributed by atoms with Crippen LogP contribution in [0.25, 0.3) is 0 Å². The van der Waals surface area contributed by atoms with Gasteiger partial charge in [0.2, 0.25) is 0 Å². The van der Waals surface area contributed by atoms with Crippen molar-refractivity contribution in [3.63, 3.8) is 0 Å². The van der Waals surface area contributed by atoms with Crippen molar-refractivity contribution in [1.29, 1.82) is 0 Å². The molecule has 3 aromatic carbocycles. The summed E-state index contributed by atoms with van der Waals surface area (Å²) >= 11 is 0. The Morgan fingerprint density at radius 2 is 1.21 bits per heavy atom. The van der Waals surface area contributed by atoms with Crippen LogP contribution in [0.1, 0.15) is 6.42 Å². The Morgan fingerprint density at radius 1 is 0.750 bits per heavy atom. The van der Waals surface area contributed by atoms with E-state index in [1.165, 1.54) is 15.9 Å². The van der Waals surface area contributed by atoms with Crippen molar-refractivity contribution in [1.82, 2.24) is 0 Å². The Bertz CT molecular complexity index is 954. The van der Waals surface area contributed by atoms with E-state index in [9.17, 15) is 6.92 Å². The Labute approximate surface area is 168 Å². The minimum Gasteiger partial charge on any atom is -0.0948 e. The summed E-state index contributed by atoms with van der Waals surface area (Å²) < 4.78 is 0. The molecule has 0 amide bonds. The largest absolute Gasteiger partial charge is 0.383 e. The van der Waals surface area contributed by atoms with Crippen molar-refractivity contribution in [2.24, 2.45) is 0 Å². The van der Waals surface area contributed by atoms with Crippen LogP contribution in [-0.4, -0.2) is 0 Å². The lowest BCUT2D eigenvalue weighted by atomic mass is 10.1.